The molecule has 0 amide bonds. The van der Waals surface area contributed by atoms with E-state index in [9.17, 15) is 17.6 Å². The number of hydrogen-bond donors (Lipinski definition) is 2. The van der Waals surface area contributed by atoms with Crippen molar-refractivity contribution in [2.75, 3.05) is 0 Å². The second-order valence-corrected chi connectivity index (χ2v) is 4.47. The predicted molar refractivity (Wildman–Crippen MR) is 60.5 cm³/mol. The fourth-order valence-electron chi connectivity index (χ4n) is 1.58. The number of benzene rings is 1. The molecule has 9 heteroatoms. The van der Waals surface area contributed by atoms with Crippen LogP contribution in [0.25, 0.3) is 0 Å². The van der Waals surface area contributed by atoms with E-state index in [2.05, 4.69) is 15.0 Å². The van der Waals surface area contributed by atoms with E-state index in [4.69, 9.17) is 5.84 Å². The molecule has 0 aliphatic rings. The standard InChI is InChI=1S/C10H8F4N4S/c11-7-2-1-5(3-6(7)10(12,13)14)9(17-15)8-4-16-18-19-8/h1-4,9,17H,15H2. The van der Waals surface area contributed by atoms with Crippen molar-refractivity contribution in [3.8, 4) is 0 Å². The zero-order chi connectivity index (χ0) is 14.0. The summed E-state index contributed by atoms with van der Waals surface area (Å²) in [5.74, 6) is 3.99. The van der Waals surface area contributed by atoms with Crippen LogP contribution in [0.3, 0.4) is 0 Å². The summed E-state index contributed by atoms with van der Waals surface area (Å²) in [6.45, 7) is 0. The Morgan fingerprint density at radius 3 is 2.58 bits per heavy atom. The van der Waals surface area contributed by atoms with Crippen molar-refractivity contribution in [3.63, 3.8) is 0 Å². The van der Waals surface area contributed by atoms with Crippen molar-refractivity contribution < 1.29 is 17.6 Å². The van der Waals surface area contributed by atoms with Crippen molar-refractivity contribution >= 4 is 11.5 Å². The number of nitrogens with two attached hydrogens (primary N) is 1. The average Bonchev–Trinajstić information content (AvgIpc) is 2.84. The van der Waals surface area contributed by atoms with Gasteiger partial charge in [0.2, 0.25) is 0 Å². The lowest BCUT2D eigenvalue weighted by Crippen LogP contribution is -2.28. The van der Waals surface area contributed by atoms with Gasteiger partial charge in [0.1, 0.15) is 5.82 Å². The quantitative estimate of drug-likeness (QED) is 0.517. The number of rotatable bonds is 3. The molecule has 102 valence electrons. The van der Waals surface area contributed by atoms with E-state index in [0.717, 1.165) is 23.7 Å². The van der Waals surface area contributed by atoms with Crippen LogP contribution in [0.15, 0.2) is 24.4 Å². The molecule has 1 heterocycles. The molecule has 1 unspecified atom stereocenters. The van der Waals surface area contributed by atoms with Crippen LogP contribution in [0, 0.1) is 5.82 Å². The van der Waals surface area contributed by atoms with E-state index in [1.165, 1.54) is 12.3 Å². The monoisotopic (exact) mass is 292 g/mol. The molecule has 1 aromatic carbocycles. The highest BCUT2D eigenvalue weighted by molar-refractivity contribution is 7.05. The largest absolute Gasteiger partial charge is 0.419 e. The summed E-state index contributed by atoms with van der Waals surface area (Å²) in [6.07, 6.45) is -3.38. The third kappa shape index (κ3) is 2.88. The Hall–Kier alpha value is -1.58. The number of halogens is 4. The van der Waals surface area contributed by atoms with Crippen molar-refractivity contribution in [3.05, 3.63) is 46.2 Å². The number of nitrogens with zero attached hydrogens (tertiary/aromatic N) is 2. The van der Waals surface area contributed by atoms with Gasteiger partial charge < -0.3 is 0 Å². The minimum Gasteiger partial charge on any atom is -0.271 e. The lowest BCUT2D eigenvalue weighted by molar-refractivity contribution is -0.140. The molecule has 2 aromatic rings. The van der Waals surface area contributed by atoms with E-state index in [0.29, 0.717) is 4.88 Å². The summed E-state index contributed by atoms with van der Waals surface area (Å²) in [7, 11) is 0. The van der Waals surface area contributed by atoms with Gasteiger partial charge in [-0.1, -0.05) is 10.6 Å². The Kier molecular flexibility index (Phi) is 3.78. The fraction of sp³-hybridized carbons (Fsp3) is 0.200. The molecule has 0 bridgehead atoms. The van der Waals surface area contributed by atoms with Crippen molar-refractivity contribution in [1.29, 1.82) is 0 Å². The third-order valence-electron chi connectivity index (χ3n) is 2.46. The highest BCUT2D eigenvalue weighted by Crippen LogP contribution is 2.34. The first-order valence-corrected chi connectivity index (χ1v) is 5.81. The summed E-state index contributed by atoms with van der Waals surface area (Å²) in [6, 6.07) is 1.99. The van der Waals surface area contributed by atoms with E-state index in [1.807, 2.05) is 0 Å². The molecule has 0 fully saturated rings. The number of hydrazine groups is 1. The fourth-order valence-corrected chi connectivity index (χ4v) is 2.18. The SMILES string of the molecule is NNC(c1ccc(F)c(C(F)(F)F)c1)c1cnns1. The maximum atomic E-state index is 13.2. The Morgan fingerprint density at radius 2 is 2.05 bits per heavy atom. The topological polar surface area (TPSA) is 63.8 Å². The molecule has 0 aliphatic carbocycles. The van der Waals surface area contributed by atoms with Crippen LogP contribution in [-0.4, -0.2) is 9.59 Å². The highest BCUT2D eigenvalue weighted by Gasteiger charge is 2.34. The maximum absolute atomic E-state index is 13.2. The predicted octanol–water partition coefficient (Wildman–Crippen LogP) is 2.25. The molecule has 0 radical (unpaired) electrons. The van der Waals surface area contributed by atoms with Gasteiger partial charge in [0.05, 0.1) is 22.7 Å². The van der Waals surface area contributed by atoms with Gasteiger partial charge in [0.25, 0.3) is 0 Å². The molecule has 0 aliphatic heterocycles. The molecule has 1 aromatic heterocycles. The summed E-state index contributed by atoms with van der Waals surface area (Å²) < 4.78 is 54.7. The first-order chi connectivity index (χ1) is 8.93. The van der Waals surface area contributed by atoms with Crippen LogP contribution in [0.5, 0.6) is 0 Å². The van der Waals surface area contributed by atoms with Crippen LogP contribution < -0.4 is 11.3 Å². The first kappa shape index (κ1) is 13.8. The van der Waals surface area contributed by atoms with Gasteiger partial charge in [-0.25, -0.2) is 9.82 Å². The van der Waals surface area contributed by atoms with Crippen molar-refractivity contribution in [2.24, 2.45) is 5.84 Å². The van der Waals surface area contributed by atoms with Gasteiger partial charge in [-0.15, -0.1) is 5.10 Å². The molecular weight excluding hydrogens is 284 g/mol. The molecule has 2 rings (SSSR count). The van der Waals surface area contributed by atoms with Crippen molar-refractivity contribution in [2.45, 2.75) is 12.2 Å². The molecule has 19 heavy (non-hydrogen) atoms. The molecule has 0 saturated carbocycles. The van der Waals surface area contributed by atoms with Crippen molar-refractivity contribution in [1.82, 2.24) is 15.0 Å². The van der Waals surface area contributed by atoms with Gasteiger partial charge in [-0.3, -0.25) is 5.84 Å². The Morgan fingerprint density at radius 1 is 1.32 bits per heavy atom. The average molecular weight is 292 g/mol. The van der Waals surface area contributed by atoms with E-state index in [1.54, 1.807) is 0 Å². The molecule has 3 N–H and O–H groups in total. The molecule has 1 atom stereocenters. The summed E-state index contributed by atoms with van der Waals surface area (Å²) in [5, 5.41) is 3.58. The lowest BCUT2D eigenvalue weighted by Gasteiger charge is -2.16. The summed E-state index contributed by atoms with van der Waals surface area (Å²) in [4.78, 5) is 0.530. The molecule has 4 nitrogen and oxygen atoms in total. The van der Waals surface area contributed by atoms with Crippen LogP contribution in [-0.2, 0) is 6.18 Å². The second kappa shape index (κ2) is 5.19. The third-order valence-corrected chi connectivity index (χ3v) is 3.19. The zero-order valence-electron chi connectivity index (χ0n) is 9.28. The number of alkyl halides is 3. The molecular formula is C10H8F4N4S. The molecule has 0 spiro atoms. The minimum absolute atomic E-state index is 0.183. The smallest absolute Gasteiger partial charge is 0.271 e. The summed E-state index contributed by atoms with van der Waals surface area (Å²) in [5.41, 5.74) is 1.21. The lowest BCUT2D eigenvalue weighted by atomic mass is 10.0. The number of hydrogen-bond acceptors (Lipinski definition) is 5. The maximum Gasteiger partial charge on any atom is 0.419 e. The molecule has 0 saturated heterocycles. The Labute approximate surface area is 109 Å². The van der Waals surface area contributed by atoms with Gasteiger partial charge in [0.15, 0.2) is 0 Å². The first-order valence-electron chi connectivity index (χ1n) is 5.03. The Balaban J connectivity index is 2.45. The van der Waals surface area contributed by atoms with E-state index >= 15 is 0 Å². The van der Waals surface area contributed by atoms with Crippen LogP contribution in [0.2, 0.25) is 0 Å². The van der Waals surface area contributed by atoms with Crippen LogP contribution >= 0.6 is 11.5 Å². The van der Waals surface area contributed by atoms with Crippen LogP contribution in [0.4, 0.5) is 17.6 Å². The number of aromatic nitrogens is 2. The summed E-state index contributed by atoms with van der Waals surface area (Å²) >= 11 is 0.989. The van der Waals surface area contributed by atoms with Gasteiger partial charge >= 0.3 is 6.18 Å². The van der Waals surface area contributed by atoms with Crippen LogP contribution in [0.1, 0.15) is 22.0 Å². The van der Waals surface area contributed by atoms with Gasteiger partial charge in [0, 0.05) is 0 Å². The Bertz CT molecular complexity index is 555. The minimum atomic E-state index is -4.76. The van der Waals surface area contributed by atoms with E-state index in [-0.39, 0.29) is 5.56 Å². The zero-order valence-corrected chi connectivity index (χ0v) is 10.1. The number of nitrogens with one attached hydrogen (secondary N) is 1. The second-order valence-electron chi connectivity index (χ2n) is 3.66. The normalized spacial score (nSPS) is 13.5. The highest BCUT2D eigenvalue weighted by atomic mass is 32.1. The van der Waals surface area contributed by atoms with Gasteiger partial charge in [-0.2, -0.15) is 13.2 Å². The van der Waals surface area contributed by atoms with Gasteiger partial charge in [-0.05, 0) is 29.2 Å². The van der Waals surface area contributed by atoms with E-state index < -0.39 is 23.6 Å².